The fraction of sp³-hybridized carbons (Fsp3) is 0.333. The normalized spacial score (nSPS) is 17.2. The summed E-state index contributed by atoms with van der Waals surface area (Å²) in [5, 5.41) is 3.02. The zero-order valence-electron chi connectivity index (χ0n) is 15.1. The van der Waals surface area contributed by atoms with Crippen molar-refractivity contribution >= 4 is 17.5 Å². The largest absolute Gasteiger partial charge is 0.368 e. The second-order valence-electron chi connectivity index (χ2n) is 6.84. The number of rotatable bonds is 6. The number of nitrogens with one attached hydrogen (secondary N) is 1. The summed E-state index contributed by atoms with van der Waals surface area (Å²) < 4.78 is 0. The molecule has 1 atom stereocenters. The molecule has 26 heavy (non-hydrogen) atoms. The standard InChI is InChI=1S/C21H25N3O2/c1-15-7-2-3-8-16(15)13-20(25)23-18-10-5-4-9-17(18)14-24-12-6-11-19(24)21(22)26/h2-5,7-10,19H,6,11-14H2,1H3,(H2,22,26)(H,23,25). The maximum Gasteiger partial charge on any atom is 0.234 e. The highest BCUT2D eigenvalue weighted by Crippen LogP contribution is 2.24. The fourth-order valence-electron chi connectivity index (χ4n) is 3.51. The monoisotopic (exact) mass is 351 g/mol. The third kappa shape index (κ3) is 4.29. The highest BCUT2D eigenvalue weighted by Gasteiger charge is 2.29. The average Bonchev–Trinajstić information content (AvgIpc) is 3.07. The summed E-state index contributed by atoms with van der Waals surface area (Å²) in [6.45, 7) is 3.46. The average molecular weight is 351 g/mol. The van der Waals surface area contributed by atoms with Crippen molar-refractivity contribution in [3.05, 3.63) is 65.2 Å². The lowest BCUT2D eigenvalue weighted by molar-refractivity contribution is -0.122. The van der Waals surface area contributed by atoms with Crippen LogP contribution in [-0.2, 0) is 22.6 Å². The van der Waals surface area contributed by atoms with Crippen molar-refractivity contribution < 1.29 is 9.59 Å². The number of primary amides is 1. The summed E-state index contributed by atoms with van der Waals surface area (Å²) in [5.74, 6) is -0.316. The molecule has 2 aromatic carbocycles. The van der Waals surface area contributed by atoms with Crippen LogP contribution in [0.3, 0.4) is 0 Å². The molecule has 0 aliphatic carbocycles. The SMILES string of the molecule is Cc1ccccc1CC(=O)Nc1ccccc1CN1CCCC1C(N)=O. The molecule has 0 radical (unpaired) electrons. The fourth-order valence-corrected chi connectivity index (χ4v) is 3.51. The molecule has 1 fully saturated rings. The van der Waals surface area contributed by atoms with E-state index in [9.17, 15) is 9.59 Å². The molecular weight excluding hydrogens is 326 g/mol. The Morgan fingerprint density at radius 3 is 2.54 bits per heavy atom. The number of nitrogens with zero attached hydrogens (tertiary/aromatic N) is 1. The second-order valence-corrected chi connectivity index (χ2v) is 6.84. The topological polar surface area (TPSA) is 75.4 Å². The number of hydrogen-bond donors (Lipinski definition) is 2. The molecule has 3 rings (SSSR count). The smallest absolute Gasteiger partial charge is 0.234 e. The first kappa shape index (κ1) is 18.1. The van der Waals surface area contributed by atoms with Gasteiger partial charge in [-0.1, -0.05) is 42.5 Å². The predicted molar refractivity (Wildman–Crippen MR) is 103 cm³/mol. The molecule has 0 spiro atoms. The van der Waals surface area contributed by atoms with E-state index in [0.717, 1.165) is 41.8 Å². The minimum absolute atomic E-state index is 0.0420. The predicted octanol–water partition coefficient (Wildman–Crippen LogP) is 2.63. The van der Waals surface area contributed by atoms with Gasteiger partial charge >= 0.3 is 0 Å². The molecule has 1 heterocycles. The minimum Gasteiger partial charge on any atom is -0.368 e. The van der Waals surface area contributed by atoms with E-state index < -0.39 is 0 Å². The molecule has 5 heteroatoms. The van der Waals surface area contributed by atoms with Crippen LogP contribution in [0.1, 0.15) is 29.5 Å². The zero-order chi connectivity index (χ0) is 18.5. The van der Waals surface area contributed by atoms with E-state index in [0.29, 0.717) is 13.0 Å². The van der Waals surface area contributed by atoms with E-state index in [1.165, 1.54) is 0 Å². The van der Waals surface area contributed by atoms with E-state index in [2.05, 4.69) is 10.2 Å². The lowest BCUT2D eigenvalue weighted by Gasteiger charge is -2.23. The van der Waals surface area contributed by atoms with Crippen molar-refractivity contribution in [2.24, 2.45) is 5.73 Å². The summed E-state index contributed by atoms with van der Waals surface area (Å²) >= 11 is 0. The van der Waals surface area contributed by atoms with Gasteiger partial charge in [-0.05, 0) is 49.1 Å². The first-order chi connectivity index (χ1) is 12.5. The van der Waals surface area contributed by atoms with Crippen LogP contribution < -0.4 is 11.1 Å². The second kappa shape index (κ2) is 8.15. The third-order valence-corrected chi connectivity index (χ3v) is 4.97. The third-order valence-electron chi connectivity index (χ3n) is 4.97. The molecule has 1 aliphatic rings. The summed E-state index contributed by atoms with van der Waals surface area (Å²) in [7, 11) is 0. The molecule has 1 unspecified atom stereocenters. The van der Waals surface area contributed by atoms with Crippen molar-refractivity contribution in [1.29, 1.82) is 0 Å². The highest BCUT2D eigenvalue weighted by atomic mass is 16.2. The Hall–Kier alpha value is -2.66. The van der Waals surface area contributed by atoms with Gasteiger partial charge in [0.15, 0.2) is 0 Å². The lowest BCUT2D eigenvalue weighted by Crippen LogP contribution is -2.39. The molecule has 0 saturated carbocycles. The van der Waals surface area contributed by atoms with E-state index in [1.807, 2.05) is 55.5 Å². The zero-order valence-corrected chi connectivity index (χ0v) is 15.1. The number of anilines is 1. The highest BCUT2D eigenvalue weighted by molar-refractivity contribution is 5.93. The Bertz CT molecular complexity index is 803. The lowest BCUT2D eigenvalue weighted by atomic mass is 10.1. The van der Waals surface area contributed by atoms with Gasteiger partial charge in [0.2, 0.25) is 11.8 Å². The van der Waals surface area contributed by atoms with Gasteiger partial charge in [-0.15, -0.1) is 0 Å². The first-order valence-corrected chi connectivity index (χ1v) is 9.00. The molecule has 3 N–H and O–H groups in total. The number of para-hydroxylation sites is 1. The number of likely N-dealkylation sites (tertiary alicyclic amines) is 1. The minimum atomic E-state index is -0.274. The number of benzene rings is 2. The van der Waals surface area contributed by atoms with Gasteiger partial charge < -0.3 is 11.1 Å². The van der Waals surface area contributed by atoms with Gasteiger partial charge in [-0.2, -0.15) is 0 Å². The van der Waals surface area contributed by atoms with Crippen molar-refractivity contribution in [1.82, 2.24) is 4.90 Å². The molecule has 1 saturated heterocycles. The van der Waals surface area contributed by atoms with Gasteiger partial charge in [-0.3, -0.25) is 14.5 Å². The van der Waals surface area contributed by atoms with Crippen LogP contribution in [0.15, 0.2) is 48.5 Å². The van der Waals surface area contributed by atoms with Crippen molar-refractivity contribution in [3.8, 4) is 0 Å². The number of nitrogens with two attached hydrogens (primary N) is 1. The van der Waals surface area contributed by atoms with Crippen molar-refractivity contribution in [2.75, 3.05) is 11.9 Å². The maximum absolute atomic E-state index is 12.5. The van der Waals surface area contributed by atoms with Crippen molar-refractivity contribution in [2.45, 2.75) is 38.8 Å². The quantitative estimate of drug-likeness (QED) is 0.840. The maximum atomic E-state index is 12.5. The van der Waals surface area contributed by atoms with Gasteiger partial charge in [0.05, 0.1) is 12.5 Å². The number of amides is 2. The molecule has 2 aromatic rings. The summed E-state index contributed by atoms with van der Waals surface area (Å²) in [4.78, 5) is 26.2. The number of hydrogen-bond acceptors (Lipinski definition) is 3. The van der Waals surface area contributed by atoms with Crippen LogP contribution in [0, 0.1) is 6.92 Å². The van der Waals surface area contributed by atoms with Crippen LogP contribution in [0.5, 0.6) is 0 Å². The summed E-state index contributed by atoms with van der Waals surface area (Å²) in [6.07, 6.45) is 2.11. The van der Waals surface area contributed by atoms with Gasteiger partial charge in [0, 0.05) is 12.2 Å². The van der Waals surface area contributed by atoms with Crippen LogP contribution in [-0.4, -0.2) is 29.3 Å². The van der Waals surface area contributed by atoms with E-state index in [-0.39, 0.29) is 17.9 Å². The molecule has 136 valence electrons. The first-order valence-electron chi connectivity index (χ1n) is 9.00. The molecule has 5 nitrogen and oxygen atoms in total. The molecule has 0 bridgehead atoms. The van der Waals surface area contributed by atoms with Gasteiger partial charge in [-0.25, -0.2) is 0 Å². The van der Waals surface area contributed by atoms with Crippen LogP contribution in [0.25, 0.3) is 0 Å². The Morgan fingerprint density at radius 2 is 1.81 bits per heavy atom. The Morgan fingerprint density at radius 1 is 1.12 bits per heavy atom. The van der Waals surface area contributed by atoms with E-state index in [1.54, 1.807) is 0 Å². The van der Waals surface area contributed by atoms with Gasteiger partial charge in [0.25, 0.3) is 0 Å². The van der Waals surface area contributed by atoms with Gasteiger partial charge in [0.1, 0.15) is 0 Å². The van der Waals surface area contributed by atoms with Crippen LogP contribution in [0.4, 0.5) is 5.69 Å². The van der Waals surface area contributed by atoms with Crippen LogP contribution in [0.2, 0.25) is 0 Å². The number of carbonyl (C=O) groups excluding carboxylic acids is 2. The Balaban J connectivity index is 1.70. The van der Waals surface area contributed by atoms with Crippen molar-refractivity contribution in [3.63, 3.8) is 0 Å². The number of carbonyl (C=O) groups is 2. The Labute approximate surface area is 154 Å². The van der Waals surface area contributed by atoms with E-state index >= 15 is 0 Å². The molecular formula is C21H25N3O2. The van der Waals surface area contributed by atoms with E-state index in [4.69, 9.17) is 5.73 Å². The molecule has 2 amide bonds. The van der Waals surface area contributed by atoms with Crippen LogP contribution >= 0.6 is 0 Å². The summed E-state index contributed by atoms with van der Waals surface area (Å²) in [6, 6.07) is 15.4. The molecule has 0 aromatic heterocycles. The Kier molecular flexibility index (Phi) is 5.68. The summed E-state index contributed by atoms with van der Waals surface area (Å²) in [5.41, 5.74) is 9.43. The molecule has 1 aliphatic heterocycles. The number of aryl methyl sites for hydroxylation is 1.